The second-order valence-corrected chi connectivity index (χ2v) is 6.99. The van der Waals surface area contributed by atoms with Crippen LogP contribution >= 0.6 is 0 Å². The van der Waals surface area contributed by atoms with Gasteiger partial charge in [-0.3, -0.25) is 6.08 Å². The Bertz CT molecular complexity index is 746. The maximum absolute atomic E-state index is 2.99. The first-order valence-corrected chi connectivity index (χ1v) is 8.93. The van der Waals surface area contributed by atoms with Gasteiger partial charge in [0.1, 0.15) is 0 Å². The fourth-order valence-electron chi connectivity index (χ4n) is 2.10. The van der Waals surface area contributed by atoms with E-state index < -0.39 is 0 Å². The van der Waals surface area contributed by atoms with Gasteiger partial charge in [0.2, 0.25) is 0 Å². The van der Waals surface area contributed by atoms with Crippen molar-refractivity contribution in [2.75, 3.05) is 0 Å². The van der Waals surface area contributed by atoms with Crippen molar-refractivity contribution >= 4 is 14.0 Å². The van der Waals surface area contributed by atoms with Crippen molar-refractivity contribution in [2.24, 2.45) is 0 Å². The van der Waals surface area contributed by atoms with Crippen LogP contribution in [0.15, 0.2) is 91.0 Å². The summed E-state index contributed by atoms with van der Waals surface area (Å²) in [5, 5.41) is 2.66. The molecule has 4 rings (SSSR count). The molecular formula is C22H20Cl2Zr-2. The smallest absolute Gasteiger partial charge is 0.0809 e. The van der Waals surface area contributed by atoms with Crippen molar-refractivity contribution in [3.8, 4) is 0 Å². The van der Waals surface area contributed by atoms with E-state index in [-0.39, 0.29) is 24.8 Å². The van der Waals surface area contributed by atoms with Crippen molar-refractivity contribution in [3.05, 3.63) is 103 Å². The summed E-state index contributed by atoms with van der Waals surface area (Å²) in [7, 11) is 0. The minimum atomic E-state index is 0. The fraction of sp³-hybridized carbons (Fsp3) is 0.0909. The summed E-state index contributed by atoms with van der Waals surface area (Å²) in [5.74, 6) is 0. The molecule has 0 heterocycles. The second-order valence-electron chi connectivity index (χ2n) is 5.15. The number of hydrogen-bond donors (Lipinski definition) is 0. The molecule has 0 nitrogen and oxygen atoms in total. The van der Waals surface area contributed by atoms with Gasteiger partial charge < -0.3 is 24.8 Å². The third-order valence-electron chi connectivity index (χ3n) is 3.34. The van der Waals surface area contributed by atoms with Crippen LogP contribution in [-0.4, -0.2) is 3.21 Å². The predicted octanol–water partition coefficient (Wildman–Crippen LogP) is -0.354. The quantitative estimate of drug-likeness (QED) is 0.449. The molecule has 0 aromatic heterocycles. The van der Waals surface area contributed by atoms with Gasteiger partial charge in [0.25, 0.3) is 0 Å². The molecule has 0 saturated carbocycles. The van der Waals surface area contributed by atoms with E-state index in [1.54, 1.807) is 0 Å². The molecule has 3 heteroatoms. The van der Waals surface area contributed by atoms with Gasteiger partial charge in [-0.15, -0.1) is 36.1 Å². The number of fused-ring (bicyclic) bond motifs is 1. The third kappa shape index (κ3) is 9.21. The van der Waals surface area contributed by atoms with E-state index >= 15 is 0 Å². The molecule has 3 aromatic rings. The Balaban J connectivity index is 0.000000345. The number of benzene rings is 2. The molecule has 0 fully saturated rings. The molecule has 0 amide bonds. The van der Waals surface area contributed by atoms with E-state index in [1.165, 1.54) is 43.8 Å². The van der Waals surface area contributed by atoms with Crippen molar-refractivity contribution in [2.45, 2.75) is 13.3 Å². The van der Waals surface area contributed by atoms with Gasteiger partial charge in [-0.1, -0.05) is 6.07 Å². The molecule has 0 spiro atoms. The molecule has 0 radical (unpaired) electrons. The molecule has 3 aromatic carbocycles. The standard InChI is InChI=1S/C9H7.C8H8.C5H5.2ClH.Zr/c1-2-5-9-7-3-6-8(9)4-1;1-2-8-6-4-3-5-7-8;1-2-4-5-3-1;;;/h1-7H;3-7H,1H3;1-3H,4H2;2*1H;/q-1;;-1;;;+2/p-2. The Hall–Kier alpha value is -1.14. The third-order valence-corrected chi connectivity index (χ3v) is 4.05. The monoisotopic (exact) mass is 444 g/mol. The zero-order valence-electron chi connectivity index (χ0n) is 14.1. The van der Waals surface area contributed by atoms with Gasteiger partial charge in [0.05, 0.1) is 0 Å². The zero-order valence-corrected chi connectivity index (χ0v) is 18.1. The average molecular weight is 447 g/mol. The molecule has 0 atom stereocenters. The summed E-state index contributed by atoms with van der Waals surface area (Å²) in [5.41, 5.74) is 1.37. The summed E-state index contributed by atoms with van der Waals surface area (Å²) in [4.78, 5) is 0. The van der Waals surface area contributed by atoms with Gasteiger partial charge in [0.15, 0.2) is 0 Å². The maximum Gasteiger partial charge on any atom is -0.0809 e. The number of allylic oxidation sites excluding steroid dienone is 4. The van der Waals surface area contributed by atoms with Crippen LogP contribution in [0.3, 0.4) is 0 Å². The van der Waals surface area contributed by atoms with E-state index in [2.05, 4.69) is 85.8 Å². The van der Waals surface area contributed by atoms with Crippen LogP contribution < -0.4 is 24.8 Å². The molecular weight excluding hydrogens is 426 g/mol. The van der Waals surface area contributed by atoms with E-state index in [1.807, 2.05) is 18.2 Å². The summed E-state index contributed by atoms with van der Waals surface area (Å²) in [6.45, 7) is 2.16. The Morgan fingerprint density at radius 2 is 1.64 bits per heavy atom. The second kappa shape index (κ2) is 14.1. The largest absolute Gasteiger partial charge is 1.00 e. The predicted molar refractivity (Wildman–Crippen MR) is 97.3 cm³/mol. The van der Waals surface area contributed by atoms with Crippen molar-refractivity contribution in [1.29, 1.82) is 0 Å². The normalized spacial score (nSPS) is 10.5. The molecule has 25 heavy (non-hydrogen) atoms. The van der Waals surface area contributed by atoms with Crippen molar-refractivity contribution in [3.63, 3.8) is 0 Å². The van der Waals surface area contributed by atoms with Crippen LogP contribution in [0.2, 0.25) is 0 Å². The Kier molecular flexibility index (Phi) is 13.4. The fourth-order valence-corrected chi connectivity index (χ4v) is 2.51. The molecule has 1 aliphatic carbocycles. The molecule has 0 N–H and O–H groups in total. The van der Waals surface area contributed by atoms with Gasteiger partial charge in [0, 0.05) is 0 Å². The summed E-state index contributed by atoms with van der Waals surface area (Å²) >= 11 is 1.51. The molecule has 0 aliphatic heterocycles. The minimum absolute atomic E-state index is 0. The van der Waals surface area contributed by atoms with Crippen LogP contribution in [0, 0.1) is 6.08 Å². The van der Waals surface area contributed by atoms with Crippen LogP contribution in [0.5, 0.6) is 0 Å². The number of rotatable bonds is 1. The first-order chi connectivity index (χ1) is 11.3. The van der Waals surface area contributed by atoms with E-state index in [9.17, 15) is 0 Å². The van der Waals surface area contributed by atoms with Crippen LogP contribution in [0.25, 0.3) is 10.8 Å². The summed E-state index contributed by atoms with van der Waals surface area (Å²) < 4.78 is 1.46. The first kappa shape index (κ1) is 23.9. The Morgan fingerprint density at radius 3 is 2.12 bits per heavy atom. The Labute approximate surface area is 178 Å². The Morgan fingerprint density at radius 1 is 0.960 bits per heavy atom. The number of hydrogen-bond acceptors (Lipinski definition) is 0. The molecule has 0 unspecified atom stereocenters. The SMILES string of the molecule is C[C](=[Zr+2])c1ccccc1.[C-]1=CC=CC1.[Cl-].[Cl-].c1ccc2[cH-]ccc2c1. The van der Waals surface area contributed by atoms with E-state index in [0.717, 1.165) is 6.42 Å². The van der Waals surface area contributed by atoms with Crippen molar-refractivity contribution < 1.29 is 49.0 Å². The van der Waals surface area contributed by atoms with E-state index in [4.69, 9.17) is 0 Å². The van der Waals surface area contributed by atoms with Crippen LogP contribution in [-0.2, 0) is 24.2 Å². The average Bonchev–Trinajstić information content (AvgIpc) is 3.30. The molecule has 1 aliphatic rings. The zero-order chi connectivity index (χ0) is 16.3. The van der Waals surface area contributed by atoms with Crippen molar-refractivity contribution in [1.82, 2.24) is 0 Å². The summed E-state index contributed by atoms with van der Waals surface area (Å²) in [6.07, 6.45) is 10.0. The van der Waals surface area contributed by atoms with E-state index in [0.29, 0.717) is 0 Å². The van der Waals surface area contributed by atoms with Gasteiger partial charge in [-0.2, -0.15) is 23.6 Å². The number of halogens is 2. The topological polar surface area (TPSA) is 0 Å². The van der Waals surface area contributed by atoms with Gasteiger partial charge >= 0.3 is 70.3 Å². The molecule has 128 valence electrons. The summed E-state index contributed by atoms with van der Waals surface area (Å²) in [6, 6.07) is 25.1. The van der Waals surface area contributed by atoms with Gasteiger partial charge in [-0.25, -0.2) is 12.2 Å². The maximum atomic E-state index is 2.99. The minimum Gasteiger partial charge on any atom is -1.00 e. The van der Waals surface area contributed by atoms with Gasteiger partial charge in [-0.05, 0) is 0 Å². The van der Waals surface area contributed by atoms with Crippen LogP contribution in [0.4, 0.5) is 0 Å². The first-order valence-electron chi connectivity index (χ1n) is 7.70. The molecule has 0 bridgehead atoms. The molecule has 0 saturated heterocycles. The van der Waals surface area contributed by atoms with Crippen LogP contribution in [0.1, 0.15) is 18.9 Å².